The third-order valence-electron chi connectivity index (χ3n) is 3.80. The van der Waals surface area contributed by atoms with Gasteiger partial charge in [-0.1, -0.05) is 30.3 Å². The van der Waals surface area contributed by atoms with Crippen LogP contribution in [-0.4, -0.2) is 35.0 Å². The highest BCUT2D eigenvalue weighted by Crippen LogP contribution is 2.18. The molecule has 0 radical (unpaired) electrons. The molecule has 2 aromatic carbocycles. The minimum absolute atomic E-state index is 0.0257. The second kappa shape index (κ2) is 10.4. The lowest BCUT2D eigenvalue weighted by Crippen LogP contribution is -2.29. The van der Waals surface area contributed by atoms with Crippen molar-refractivity contribution in [2.24, 2.45) is 0 Å². The van der Waals surface area contributed by atoms with Crippen molar-refractivity contribution in [3.05, 3.63) is 78.1 Å². The Labute approximate surface area is 167 Å². The number of thioether (sulfide) groups is 1. The van der Waals surface area contributed by atoms with Crippen molar-refractivity contribution in [2.45, 2.75) is 5.75 Å². The van der Waals surface area contributed by atoms with Crippen LogP contribution in [0.2, 0.25) is 0 Å². The van der Waals surface area contributed by atoms with Gasteiger partial charge in [0.05, 0.1) is 18.0 Å². The number of benzene rings is 2. The number of aromatic nitrogens is 2. The van der Waals surface area contributed by atoms with Crippen LogP contribution in [0.3, 0.4) is 0 Å². The first-order valence-corrected chi connectivity index (χ1v) is 9.97. The summed E-state index contributed by atoms with van der Waals surface area (Å²) in [6.07, 6.45) is 0. The average molecular weight is 397 g/mol. The number of carbonyl (C=O) groups is 1. The predicted octanol–water partition coefficient (Wildman–Crippen LogP) is 3.71. The summed E-state index contributed by atoms with van der Waals surface area (Å²) in [5.74, 6) is 1.26. The molecule has 0 spiro atoms. The standard InChI is InChI=1S/C21H20FN3O2S/c22-18-8-6-17(7-9-18)19-10-11-21(25-24-19)27-13-12-23-20(26)15-28-14-16-4-2-1-3-5-16/h1-11H,12-15H2,(H,23,26). The molecule has 3 aromatic rings. The lowest BCUT2D eigenvalue weighted by Gasteiger charge is -2.07. The number of ether oxygens (including phenoxy) is 1. The summed E-state index contributed by atoms with van der Waals surface area (Å²) < 4.78 is 18.4. The molecule has 1 amide bonds. The van der Waals surface area contributed by atoms with Gasteiger partial charge in [0.15, 0.2) is 0 Å². The van der Waals surface area contributed by atoms with E-state index in [1.165, 1.54) is 17.7 Å². The summed E-state index contributed by atoms with van der Waals surface area (Å²) in [5.41, 5.74) is 2.61. The van der Waals surface area contributed by atoms with E-state index in [2.05, 4.69) is 15.5 Å². The van der Waals surface area contributed by atoms with E-state index in [0.717, 1.165) is 11.3 Å². The first-order valence-electron chi connectivity index (χ1n) is 8.81. The van der Waals surface area contributed by atoms with E-state index in [1.807, 2.05) is 30.3 Å². The normalized spacial score (nSPS) is 10.5. The molecule has 0 saturated carbocycles. The minimum Gasteiger partial charge on any atom is -0.475 e. The number of hydrogen-bond donors (Lipinski definition) is 1. The van der Waals surface area contributed by atoms with E-state index in [0.29, 0.717) is 30.5 Å². The van der Waals surface area contributed by atoms with Gasteiger partial charge in [-0.2, -0.15) is 0 Å². The van der Waals surface area contributed by atoms with Crippen molar-refractivity contribution in [3.63, 3.8) is 0 Å². The van der Waals surface area contributed by atoms with Gasteiger partial charge in [-0.05, 0) is 35.9 Å². The van der Waals surface area contributed by atoms with Crippen LogP contribution in [0.15, 0.2) is 66.7 Å². The summed E-state index contributed by atoms with van der Waals surface area (Å²) in [6.45, 7) is 0.700. The minimum atomic E-state index is -0.294. The van der Waals surface area contributed by atoms with E-state index in [4.69, 9.17) is 4.74 Å². The number of amides is 1. The summed E-state index contributed by atoms with van der Waals surface area (Å²) >= 11 is 1.57. The number of carbonyl (C=O) groups excluding carboxylic acids is 1. The number of hydrogen-bond acceptors (Lipinski definition) is 5. The molecule has 0 atom stereocenters. The second-order valence-corrected chi connectivity index (χ2v) is 6.93. The van der Waals surface area contributed by atoms with Crippen molar-refractivity contribution in [1.82, 2.24) is 15.5 Å². The van der Waals surface area contributed by atoms with Gasteiger partial charge < -0.3 is 10.1 Å². The molecule has 0 aliphatic heterocycles. The van der Waals surface area contributed by atoms with E-state index in [1.54, 1.807) is 36.0 Å². The molecule has 3 rings (SSSR count). The maximum absolute atomic E-state index is 13.0. The van der Waals surface area contributed by atoms with E-state index < -0.39 is 0 Å². The van der Waals surface area contributed by atoms with Gasteiger partial charge >= 0.3 is 0 Å². The zero-order valence-corrected chi connectivity index (χ0v) is 16.0. The highest BCUT2D eigenvalue weighted by atomic mass is 32.2. The molecule has 28 heavy (non-hydrogen) atoms. The Bertz CT molecular complexity index is 874. The largest absolute Gasteiger partial charge is 0.475 e. The van der Waals surface area contributed by atoms with Gasteiger partial charge in [-0.25, -0.2) is 4.39 Å². The van der Waals surface area contributed by atoms with Gasteiger partial charge in [0, 0.05) is 17.4 Å². The Kier molecular flexibility index (Phi) is 7.37. The van der Waals surface area contributed by atoms with Crippen molar-refractivity contribution in [3.8, 4) is 17.1 Å². The van der Waals surface area contributed by atoms with E-state index in [-0.39, 0.29) is 11.7 Å². The SMILES string of the molecule is O=C(CSCc1ccccc1)NCCOc1ccc(-c2ccc(F)cc2)nn1. The van der Waals surface area contributed by atoms with Crippen LogP contribution < -0.4 is 10.1 Å². The predicted molar refractivity (Wildman–Crippen MR) is 109 cm³/mol. The molecule has 0 fully saturated rings. The summed E-state index contributed by atoms with van der Waals surface area (Å²) in [6, 6.07) is 19.5. The topological polar surface area (TPSA) is 64.1 Å². The number of nitrogens with one attached hydrogen (secondary N) is 1. The first-order chi connectivity index (χ1) is 13.7. The molecule has 5 nitrogen and oxygen atoms in total. The van der Waals surface area contributed by atoms with E-state index >= 15 is 0 Å². The Balaban J connectivity index is 1.33. The molecule has 1 aromatic heterocycles. The summed E-state index contributed by atoms with van der Waals surface area (Å²) in [5, 5.41) is 10.9. The van der Waals surface area contributed by atoms with Crippen molar-refractivity contribution >= 4 is 17.7 Å². The third-order valence-corrected chi connectivity index (χ3v) is 4.80. The first kappa shape index (κ1) is 19.8. The average Bonchev–Trinajstić information content (AvgIpc) is 2.73. The van der Waals surface area contributed by atoms with Crippen LogP contribution in [0, 0.1) is 5.82 Å². The van der Waals surface area contributed by atoms with Crippen LogP contribution >= 0.6 is 11.8 Å². The molecule has 7 heteroatoms. The maximum Gasteiger partial charge on any atom is 0.233 e. The number of rotatable bonds is 9. The van der Waals surface area contributed by atoms with Crippen LogP contribution in [0.25, 0.3) is 11.3 Å². The molecule has 0 aliphatic rings. The van der Waals surface area contributed by atoms with Crippen molar-refractivity contribution in [1.29, 1.82) is 0 Å². The second-order valence-electron chi connectivity index (χ2n) is 5.94. The van der Waals surface area contributed by atoms with Crippen LogP contribution in [-0.2, 0) is 10.5 Å². The van der Waals surface area contributed by atoms with Crippen LogP contribution in [0.5, 0.6) is 5.88 Å². The molecule has 0 unspecified atom stereocenters. The zero-order chi connectivity index (χ0) is 19.6. The van der Waals surface area contributed by atoms with Crippen LogP contribution in [0.4, 0.5) is 4.39 Å². The molecule has 0 saturated heterocycles. The fourth-order valence-corrected chi connectivity index (χ4v) is 3.22. The Morgan fingerprint density at radius 1 is 1.00 bits per heavy atom. The number of nitrogens with zero attached hydrogens (tertiary/aromatic N) is 2. The Morgan fingerprint density at radius 2 is 1.79 bits per heavy atom. The fraction of sp³-hybridized carbons (Fsp3) is 0.190. The highest BCUT2D eigenvalue weighted by molar-refractivity contribution is 7.99. The zero-order valence-electron chi connectivity index (χ0n) is 15.2. The molecule has 1 N–H and O–H groups in total. The third kappa shape index (κ3) is 6.35. The van der Waals surface area contributed by atoms with Gasteiger partial charge in [0.2, 0.25) is 11.8 Å². The molecule has 0 aliphatic carbocycles. The number of halogens is 1. The maximum atomic E-state index is 13.0. The summed E-state index contributed by atoms with van der Waals surface area (Å²) in [7, 11) is 0. The van der Waals surface area contributed by atoms with Gasteiger partial charge in [0.25, 0.3) is 0 Å². The lowest BCUT2D eigenvalue weighted by atomic mass is 10.1. The van der Waals surface area contributed by atoms with Gasteiger partial charge in [-0.3, -0.25) is 4.79 Å². The van der Waals surface area contributed by atoms with Crippen molar-refractivity contribution in [2.75, 3.05) is 18.9 Å². The smallest absolute Gasteiger partial charge is 0.233 e. The molecule has 144 valence electrons. The van der Waals surface area contributed by atoms with E-state index in [9.17, 15) is 9.18 Å². The molecular weight excluding hydrogens is 377 g/mol. The quantitative estimate of drug-likeness (QED) is 0.558. The fourth-order valence-electron chi connectivity index (χ4n) is 2.40. The highest BCUT2D eigenvalue weighted by Gasteiger charge is 2.04. The molecule has 1 heterocycles. The molecule has 0 bridgehead atoms. The van der Waals surface area contributed by atoms with Gasteiger partial charge in [-0.15, -0.1) is 22.0 Å². The Morgan fingerprint density at radius 3 is 2.50 bits per heavy atom. The van der Waals surface area contributed by atoms with Gasteiger partial charge in [0.1, 0.15) is 12.4 Å². The summed E-state index contributed by atoms with van der Waals surface area (Å²) in [4.78, 5) is 11.8. The van der Waals surface area contributed by atoms with Crippen molar-refractivity contribution < 1.29 is 13.9 Å². The monoisotopic (exact) mass is 397 g/mol. The van der Waals surface area contributed by atoms with Crippen LogP contribution in [0.1, 0.15) is 5.56 Å². The lowest BCUT2D eigenvalue weighted by molar-refractivity contribution is -0.118. The molecular formula is C21H20FN3O2S. The Hall–Kier alpha value is -2.93.